The standard InChI is InChI=1S/C19H21N3O3/c1-11-4-3-5-13(8-11)12(2)22-10-14(18(24)21-15-6-7-15)9-16(17(20)23)19(22)25/h3-5,8-10,12,15H,6-7H2,1-2H3,(H2,20,23)(H,21,24)/t12-/m1/s1. The van der Waals surface area contributed by atoms with Crippen LogP contribution in [0.15, 0.2) is 41.3 Å². The van der Waals surface area contributed by atoms with Crippen molar-refractivity contribution >= 4 is 11.8 Å². The van der Waals surface area contributed by atoms with Crippen LogP contribution in [0.3, 0.4) is 0 Å². The smallest absolute Gasteiger partial charge is 0.263 e. The molecule has 130 valence electrons. The molecule has 2 aromatic rings. The number of nitrogens with one attached hydrogen (secondary N) is 1. The van der Waals surface area contributed by atoms with Gasteiger partial charge in [-0.3, -0.25) is 14.4 Å². The van der Waals surface area contributed by atoms with E-state index >= 15 is 0 Å². The predicted molar refractivity (Wildman–Crippen MR) is 94.7 cm³/mol. The van der Waals surface area contributed by atoms with Gasteiger partial charge in [-0.25, -0.2) is 0 Å². The largest absolute Gasteiger partial charge is 0.365 e. The molecule has 6 heteroatoms. The highest BCUT2D eigenvalue weighted by molar-refractivity contribution is 5.98. The molecular weight excluding hydrogens is 318 g/mol. The number of carbonyl (C=O) groups excluding carboxylic acids is 2. The van der Waals surface area contributed by atoms with Crippen LogP contribution in [0.5, 0.6) is 0 Å². The molecule has 0 saturated heterocycles. The number of aryl methyl sites for hydroxylation is 1. The van der Waals surface area contributed by atoms with Gasteiger partial charge in [-0.2, -0.15) is 0 Å². The van der Waals surface area contributed by atoms with E-state index in [-0.39, 0.29) is 29.1 Å². The lowest BCUT2D eigenvalue weighted by Gasteiger charge is -2.18. The normalized spacial score (nSPS) is 14.8. The van der Waals surface area contributed by atoms with Crippen LogP contribution in [-0.4, -0.2) is 22.4 Å². The van der Waals surface area contributed by atoms with Crippen molar-refractivity contribution in [1.29, 1.82) is 0 Å². The molecule has 1 aliphatic carbocycles. The van der Waals surface area contributed by atoms with Crippen LogP contribution in [0.1, 0.15) is 57.7 Å². The average Bonchev–Trinajstić information content (AvgIpc) is 3.38. The van der Waals surface area contributed by atoms with Gasteiger partial charge in [0.05, 0.1) is 11.6 Å². The van der Waals surface area contributed by atoms with Crippen LogP contribution < -0.4 is 16.6 Å². The van der Waals surface area contributed by atoms with Crippen LogP contribution in [0.25, 0.3) is 0 Å². The molecule has 1 fully saturated rings. The van der Waals surface area contributed by atoms with Crippen LogP contribution >= 0.6 is 0 Å². The molecule has 6 nitrogen and oxygen atoms in total. The summed E-state index contributed by atoms with van der Waals surface area (Å²) in [6, 6.07) is 8.88. The van der Waals surface area contributed by atoms with Crippen LogP contribution in [-0.2, 0) is 0 Å². The van der Waals surface area contributed by atoms with Crippen molar-refractivity contribution in [3.05, 3.63) is 69.1 Å². The molecular formula is C19H21N3O3. The molecule has 1 saturated carbocycles. The number of pyridine rings is 1. The SMILES string of the molecule is Cc1cccc([C@@H](C)n2cc(C(=O)NC3CC3)cc(C(N)=O)c2=O)c1. The number of nitrogens with two attached hydrogens (primary N) is 1. The van der Waals surface area contributed by atoms with E-state index in [9.17, 15) is 14.4 Å². The number of primary amides is 1. The molecule has 25 heavy (non-hydrogen) atoms. The predicted octanol–water partition coefficient (Wildman–Crippen LogP) is 1.76. The number of hydrogen-bond donors (Lipinski definition) is 2. The average molecular weight is 339 g/mol. The summed E-state index contributed by atoms with van der Waals surface area (Å²) in [6.45, 7) is 3.82. The van der Waals surface area contributed by atoms with Crippen LogP contribution in [0.2, 0.25) is 0 Å². The van der Waals surface area contributed by atoms with Gasteiger partial charge in [0.2, 0.25) is 0 Å². The third-order valence-corrected chi connectivity index (χ3v) is 4.42. The van der Waals surface area contributed by atoms with Gasteiger partial charge in [0, 0.05) is 12.2 Å². The molecule has 3 rings (SSSR count). The zero-order chi connectivity index (χ0) is 18.1. The van der Waals surface area contributed by atoms with Gasteiger partial charge in [0.25, 0.3) is 17.4 Å². The summed E-state index contributed by atoms with van der Waals surface area (Å²) in [5, 5.41) is 2.86. The summed E-state index contributed by atoms with van der Waals surface area (Å²) in [5.74, 6) is -1.13. The fraction of sp³-hybridized carbons (Fsp3) is 0.316. The van der Waals surface area contributed by atoms with E-state index < -0.39 is 11.5 Å². The van der Waals surface area contributed by atoms with Gasteiger partial charge in [-0.15, -0.1) is 0 Å². The zero-order valence-corrected chi connectivity index (χ0v) is 14.3. The van der Waals surface area contributed by atoms with Crippen molar-refractivity contribution in [3.8, 4) is 0 Å². The Balaban J connectivity index is 2.07. The zero-order valence-electron chi connectivity index (χ0n) is 14.3. The monoisotopic (exact) mass is 339 g/mol. The highest BCUT2D eigenvalue weighted by Crippen LogP contribution is 2.21. The second-order valence-electron chi connectivity index (χ2n) is 6.56. The van der Waals surface area contributed by atoms with Gasteiger partial charge in [-0.05, 0) is 38.3 Å². The van der Waals surface area contributed by atoms with Crippen molar-refractivity contribution in [1.82, 2.24) is 9.88 Å². The van der Waals surface area contributed by atoms with Gasteiger partial charge >= 0.3 is 0 Å². The lowest BCUT2D eigenvalue weighted by molar-refractivity contribution is 0.0950. The molecule has 1 aliphatic rings. The number of amides is 2. The number of rotatable bonds is 5. The molecule has 2 amide bonds. The van der Waals surface area contributed by atoms with Crippen LogP contribution in [0, 0.1) is 6.92 Å². The number of carbonyl (C=O) groups is 2. The summed E-state index contributed by atoms with van der Waals surface area (Å²) >= 11 is 0. The Hall–Kier alpha value is -2.89. The highest BCUT2D eigenvalue weighted by Gasteiger charge is 2.25. The summed E-state index contributed by atoms with van der Waals surface area (Å²) < 4.78 is 1.40. The summed E-state index contributed by atoms with van der Waals surface area (Å²) in [6.07, 6.45) is 3.40. The Bertz CT molecular complexity index is 897. The quantitative estimate of drug-likeness (QED) is 0.869. The Labute approximate surface area is 145 Å². The van der Waals surface area contributed by atoms with E-state index in [1.54, 1.807) is 0 Å². The first-order valence-corrected chi connectivity index (χ1v) is 8.30. The second-order valence-corrected chi connectivity index (χ2v) is 6.56. The van der Waals surface area contributed by atoms with Gasteiger partial charge in [0.15, 0.2) is 0 Å². The van der Waals surface area contributed by atoms with E-state index in [1.807, 2.05) is 38.1 Å². The number of aromatic nitrogens is 1. The van der Waals surface area contributed by atoms with Crippen molar-refractivity contribution < 1.29 is 9.59 Å². The maximum absolute atomic E-state index is 12.6. The summed E-state index contributed by atoms with van der Waals surface area (Å²) in [7, 11) is 0. The maximum Gasteiger partial charge on any atom is 0.263 e. The third-order valence-electron chi connectivity index (χ3n) is 4.42. The van der Waals surface area contributed by atoms with Crippen molar-refractivity contribution in [2.45, 2.75) is 38.8 Å². The topological polar surface area (TPSA) is 94.2 Å². The summed E-state index contributed by atoms with van der Waals surface area (Å²) in [4.78, 5) is 36.7. The minimum atomic E-state index is -0.837. The van der Waals surface area contributed by atoms with E-state index in [2.05, 4.69) is 5.32 Å². The first-order chi connectivity index (χ1) is 11.9. The van der Waals surface area contributed by atoms with Gasteiger partial charge in [0.1, 0.15) is 5.56 Å². The minimum Gasteiger partial charge on any atom is -0.365 e. The molecule has 3 N–H and O–H groups in total. The lowest BCUT2D eigenvalue weighted by atomic mass is 10.0. The number of hydrogen-bond acceptors (Lipinski definition) is 3. The Kier molecular flexibility index (Phi) is 4.44. The fourth-order valence-electron chi connectivity index (χ4n) is 2.78. The van der Waals surface area contributed by atoms with E-state index in [4.69, 9.17) is 5.73 Å². The number of benzene rings is 1. The van der Waals surface area contributed by atoms with Crippen molar-refractivity contribution in [2.75, 3.05) is 0 Å². The molecule has 1 aromatic heterocycles. The summed E-state index contributed by atoms with van der Waals surface area (Å²) in [5.41, 5.74) is 6.91. The molecule has 0 bridgehead atoms. The third kappa shape index (κ3) is 3.63. The second kappa shape index (κ2) is 6.55. The molecule has 0 spiro atoms. The van der Waals surface area contributed by atoms with Crippen molar-refractivity contribution in [3.63, 3.8) is 0 Å². The Morgan fingerprint density at radius 1 is 1.28 bits per heavy atom. The first kappa shape index (κ1) is 17.0. The van der Waals surface area contributed by atoms with Crippen molar-refractivity contribution in [2.24, 2.45) is 5.73 Å². The first-order valence-electron chi connectivity index (χ1n) is 8.30. The van der Waals surface area contributed by atoms with E-state index in [1.165, 1.54) is 16.8 Å². The minimum absolute atomic E-state index is 0.178. The Morgan fingerprint density at radius 3 is 2.60 bits per heavy atom. The highest BCUT2D eigenvalue weighted by atomic mass is 16.2. The number of nitrogens with zero attached hydrogens (tertiary/aromatic N) is 1. The van der Waals surface area contributed by atoms with E-state index in [0.29, 0.717) is 0 Å². The molecule has 0 radical (unpaired) electrons. The molecule has 1 atom stereocenters. The van der Waals surface area contributed by atoms with Gasteiger partial charge < -0.3 is 15.6 Å². The molecule has 0 aliphatic heterocycles. The lowest BCUT2D eigenvalue weighted by Crippen LogP contribution is -2.34. The van der Waals surface area contributed by atoms with Gasteiger partial charge in [-0.1, -0.05) is 29.8 Å². The fourth-order valence-corrected chi connectivity index (χ4v) is 2.78. The van der Waals surface area contributed by atoms with E-state index in [0.717, 1.165) is 24.0 Å². The molecule has 0 unspecified atom stereocenters. The molecule has 1 aromatic carbocycles. The maximum atomic E-state index is 12.6. The van der Waals surface area contributed by atoms with Crippen LogP contribution in [0.4, 0.5) is 0 Å². The molecule has 1 heterocycles. The Morgan fingerprint density at radius 2 is 2.00 bits per heavy atom.